The smallest absolute Gasteiger partial charge is 0.343 e. The van der Waals surface area contributed by atoms with Crippen molar-refractivity contribution in [2.45, 2.75) is 6.92 Å². The fourth-order valence-corrected chi connectivity index (χ4v) is 2.57. The molecular formula is C20H18O6. The number of fused-ring (bicyclic) bond motifs is 1. The standard InChI is InChI=1S/C20H18O6/c1-12-16(25-11-18(21)24-3)9-8-15-19(22)17(26-20(12)15)10-13-4-6-14(23-2)7-5-13/h4-10H,11H2,1-3H3/b17-10+. The van der Waals surface area contributed by atoms with E-state index >= 15 is 0 Å². The molecule has 0 amide bonds. The minimum Gasteiger partial charge on any atom is -0.497 e. The molecule has 0 aromatic heterocycles. The van der Waals surface area contributed by atoms with Gasteiger partial charge in [0.05, 0.1) is 19.8 Å². The lowest BCUT2D eigenvalue weighted by Crippen LogP contribution is -2.13. The van der Waals surface area contributed by atoms with Crippen molar-refractivity contribution in [2.75, 3.05) is 20.8 Å². The maximum atomic E-state index is 12.6. The summed E-state index contributed by atoms with van der Waals surface area (Å²) in [6.07, 6.45) is 1.68. The zero-order valence-corrected chi connectivity index (χ0v) is 14.7. The third-order valence-electron chi connectivity index (χ3n) is 4.02. The number of esters is 1. The number of hydrogen-bond donors (Lipinski definition) is 0. The predicted molar refractivity (Wildman–Crippen MR) is 94.6 cm³/mol. The SMILES string of the molecule is COC(=O)COc1ccc2c(c1C)O/C(=C/c1ccc(OC)cc1)C2=O. The van der Waals surface area contributed by atoms with Crippen LogP contribution in [0, 0.1) is 6.92 Å². The number of ketones is 1. The summed E-state index contributed by atoms with van der Waals surface area (Å²) in [6, 6.07) is 10.6. The molecule has 0 unspecified atom stereocenters. The van der Waals surface area contributed by atoms with Gasteiger partial charge in [0.2, 0.25) is 5.78 Å². The van der Waals surface area contributed by atoms with Crippen LogP contribution in [0.4, 0.5) is 0 Å². The van der Waals surface area contributed by atoms with Crippen LogP contribution in [0.3, 0.4) is 0 Å². The second-order valence-corrected chi connectivity index (χ2v) is 5.64. The van der Waals surface area contributed by atoms with Crippen LogP contribution in [0.15, 0.2) is 42.2 Å². The molecule has 0 spiro atoms. The minimum atomic E-state index is -0.484. The van der Waals surface area contributed by atoms with Gasteiger partial charge in [-0.15, -0.1) is 0 Å². The summed E-state index contributed by atoms with van der Waals surface area (Å²) in [5.41, 5.74) is 1.94. The molecule has 2 aromatic carbocycles. The Labute approximate surface area is 150 Å². The van der Waals surface area contributed by atoms with Crippen LogP contribution >= 0.6 is 0 Å². The Morgan fingerprint density at radius 3 is 2.50 bits per heavy atom. The molecule has 0 N–H and O–H groups in total. The molecular weight excluding hydrogens is 336 g/mol. The monoisotopic (exact) mass is 354 g/mol. The molecule has 0 atom stereocenters. The van der Waals surface area contributed by atoms with Gasteiger partial charge in [-0.05, 0) is 42.8 Å². The maximum Gasteiger partial charge on any atom is 0.343 e. The first kappa shape index (κ1) is 17.5. The normalized spacial score (nSPS) is 14.0. The summed E-state index contributed by atoms with van der Waals surface area (Å²) in [5.74, 6) is 1.20. The molecule has 1 aliphatic rings. The van der Waals surface area contributed by atoms with Gasteiger partial charge in [-0.3, -0.25) is 4.79 Å². The zero-order chi connectivity index (χ0) is 18.7. The van der Waals surface area contributed by atoms with Crippen molar-refractivity contribution in [1.82, 2.24) is 0 Å². The number of Topliss-reactive ketones (excluding diaryl/α,β-unsaturated/α-hetero) is 1. The molecule has 0 fully saturated rings. The van der Waals surface area contributed by atoms with Crippen LogP contribution in [0.25, 0.3) is 6.08 Å². The number of allylic oxidation sites excluding steroid dienone is 1. The van der Waals surface area contributed by atoms with Gasteiger partial charge in [0.1, 0.15) is 17.2 Å². The van der Waals surface area contributed by atoms with E-state index in [1.165, 1.54) is 7.11 Å². The quantitative estimate of drug-likeness (QED) is 0.607. The van der Waals surface area contributed by atoms with Crippen LogP contribution in [-0.2, 0) is 9.53 Å². The Morgan fingerprint density at radius 2 is 1.85 bits per heavy atom. The van der Waals surface area contributed by atoms with Crippen molar-refractivity contribution in [3.63, 3.8) is 0 Å². The lowest BCUT2D eigenvalue weighted by molar-refractivity contribution is -0.142. The van der Waals surface area contributed by atoms with Gasteiger partial charge in [-0.25, -0.2) is 4.79 Å². The van der Waals surface area contributed by atoms with Gasteiger partial charge in [-0.2, -0.15) is 0 Å². The number of rotatable bonds is 5. The second kappa shape index (κ2) is 7.31. The number of hydrogen-bond acceptors (Lipinski definition) is 6. The van der Waals surface area contributed by atoms with E-state index in [9.17, 15) is 9.59 Å². The molecule has 2 aromatic rings. The van der Waals surface area contributed by atoms with Gasteiger partial charge in [0, 0.05) is 5.56 Å². The molecule has 6 nitrogen and oxygen atoms in total. The first-order chi connectivity index (χ1) is 12.5. The predicted octanol–water partition coefficient (Wildman–Crippen LogP) is 3.17. The zero-order valence-electron chi connectivity index (χ0n) is 14.7. The Hall–Kier alpha value is -3.28. The Kier molecular flexibility index (Phi) is 4.93. The molecule has 0 saturated heterocycles. The van der Waals surface area contributed by atoms with E-state index in [0.717, 1.165) is 11.3 Å². The van der Waals surface area contributed by atoms with Gasteiger partial charge < -0.3 is 18.9 Å². The Morgan fingerprint density at radius 1 is 1.12 bits per heavy atom. The summed E-state index contributed by atoms with van der Waals surface area (Å²) in [7, 11) is 2.88. The molecule has 1 aliphatic heterocycles. The highest BCUT2D eigenvalue weighted by Crippen LogP contribution is 2.39. The Balaban J connectivity index is 1.84. The molecule has 0 radical (unpaired) electrons. The number of carbonyl (C=O) groups excluding carboxylic acids is 2. The summed E-state index contributed by atoms with van der Waals surface area (Å²) in [5, 5.41) is 0. The van der Waals surface area contributed by atoms with Gasteiger partial charge >= 0.3 is 5.97 Å². The van der Waals surface area contributed by atoms with Gasteiger partial charge in [0.15, 0.2) is 12.4 Å². The van der Waals surface area contributed by atoms with Gasteiger partial charge in [0.25, 0.3) is 0 Å². The number of methoxy groups -OCH3 is 2. The maximum absolute atomic E-state index is 12.6. The number of carbonyl (C=O) groups is 2. The van der Waals surface area contributed by atoms with E-state index in [-0.39, 0.29) is 18.1 Å². The van der Waals surface area contributed by atoms with Crippen LogP contribution in [-0.4, -0.2) is 32.6 Å². The van der Waals surface area contributed by atoms with Crippen molar-refractivity contribution in [2.24, 2.45) is 0 Å². The van der Waals surface area contributed by atoms with Crippen LogP contribution < -0.4 is 14.2 Å². The van der Waals surface area contributed by atoms with E-state index in [1.807, 2.05) is 24.3 Å². The van der Waals surface area contributed by atoms with Crippen molar-refractivity contribution in [1.29, 1.82) is 0 Å². The van der Waals surface area contributed by atoms with Crippen molar-refractivity contribution < 1.29 is 28.5 Å². The highest BCUT2D eigenvalue weighted by Gasteiger charge is 2.30. The van der Waals surface area contributed by atoms with Crippen molar-refractivity contribution in [3.8, 4) is 17.2 Å². The lowest BCUT2D eigenvalue weighted by Gasteiger charge is -2.10. The first-order valence-corrected chi connectivity index (χ1v) is 7.95. The average molecular weight is 354 g/mol. The molecule has 0 bridgehead atoms. The topological polar surface area (TPSA) is 71.1 Å². The molecule has 6 heteroatoms. The largest absolute Gasteiger partial charge is 0.497 e. The van der Waals surface area contributed by atoms with E-state index in [2.05, 4.69) is 4.74 Å². The number of ether oxygens (including phenoxy) is 4. The van der Waals surface area contributed by atoms with E-state index in [0.29, 0.717) is 22.6 Å². The number of benzene rings is 2. The third-order valence-corrected chi connectivity index (χ3v) is 4.02. The second-order valence-electron chi connectivity index (χ2n) is 5.64. The molecule has 134 valence electrons. The van der Waals surface area contributed by atoms with Crippen LogP contribution in [0.1, 0.15) is 21.5 Å². The minimum absolute atomic E-state index is 0.196. The highest BCUT2D eigenvalue weighted by molar-refractivity contribution is 6.15. The average Bonchev–Trinajstić information content (AvgIpc) is 2.98. The van der Waals surface area contributed by atoms with Crippen LogP contribution in [0.5, 0.6) is 17.2 Å². The lowest BCUT2D eigenvalue weighted by atomic mass is 10.1. The summed E-state index contributed by atoms with van der Waals surface area (Å²) >= 11 is 0. The van der Waals surface area contributed by atoms with E-state index < -0.39 is 5.97 Å². The summed E-state index contributed by atoms with van der Waals surface area (Å²) in [4.78, 5) is 23.8. The van der Waals surface area contributed by atoms with Crippen molar-refractivity contribution in [3.05, 3.63) is 58.8 Å². The fraction of sp³-hybridized carbons (Fsp3) is 0.200. The molecule has 26 heavy (non-hydrogen) atoms. The molecule has 3 rings (SSSR count). The fourth-order valence-electron chi connectivity index (χ4n) is 2.57. The van der Waals surface area contributed by atoms with Gasteiger partial charge in [-0.1, -0.05) is 12.1 Å². The first-order valence-electron chi connectivity index (χ1n) is 7.95. The highest BCUT2D eigenvalue weighted by atomic mass is 16.6. The van der Waals surface area contributed by atoms with Crippen LogP contribution in [0.2, 0.25) is 0 Å². The molecule has 1 heterocycles. The molecule has 0 aliphatic carbocycles. The third kappa shape index (κ3) is 3.39. The van der Waals surface area contributed by atoms with E-state index in [1.54, 1.807) is 32.2 Å². The molecule has 0 saturated carbocycles. The summed E-state index contributed by atoms with van der Waals surface area (Å²) < 4.78 is 20.9. The summed E-state index contributed by atoms with van der Waals surface area (Å²) in [6.45, 7) is 1.56. The van der Waals surface area contributed by atoms with E-state index in [4.69, 9.17) is 14.2 Å². The van der Waals surface area contributed by atoms with Crippen molar-refractivity contribution >= 4 is 17.8 Å². The Bertz CT molecular complexity index is 880.